The lowest BCUT2D eigenvalue weighted by Crippen LogP contribution is -2.06. The van der Waals surface area contributed by atoms with Gasteiger partial charge >= 0.3 is 6.18 Å². The van der Waals surface area contributed by atoms with Crippen molar-refractivity contribution in [3.63, 3.8) is 0 Å². The number of para-hydroxylation sites is 1. The van der Waals surface area contributed by atoms with E-state index in [-0.39, 0.29) is 5.69 Å². The Labute approximate surface area is 183 Å². The zero-order valence-corrected chi connectivity index (χ0v) is 17.4. The molecule has 3 aromatic carbocycles. The number of nitro benzene ring substituents is 1. The molecule has 0 amide bonds. The number of nitrogens with one attached hydrogen (secondary N) is 1. The molecule has 0 aliphatic rings. The monoisotopic (exact) mass is 493 g/mol. The normalized spacial score (nSPS) is 11.5. The zero-order valence-electron chi connectivity index (χ0n) is 15.8. The largest absolute Gasteiger partial charge is 0.488 e. The number of anilines is 1. The maximum absolute atomic E-state index is 12.8. The van der Waals surface area contributed by atoms with Gasteiger partial charge in [0.15, 0.2) is 0 Å². The Kier molecular flexibility index (Phi) is 6.91. The Morgan fingerprint density at radius 2 is 1.87 bits per heavy atom. The Bertz CT molecular complexity index is 1120. The summed E-state index contributed by atoms with van der Waals surface area (Å²) >= 11 is 3.40. The first-order chi connectivity index (χ1) is 14.7. The highest BCUT2D eigenvalue weighted by Gasteiger charge is 2.33. The van der Waals surface area contributed by atoms with Gasteiger partial charge in [-0.2, -0.15) is 18.3 Å². The molecule has 31 heavy (non-hydrogen) atoms. The highest BCUT2D eigenvalue weighted by molar-refractivity contribution is 9.10. The molecule has 0 radical (unpaired) electrons. The molecule has 3 aromatic rings. The van der Waals surface area contributed by atoms with Gasteiger partial charge in [0.05, 0.1) is 16.7 Å². The molecule has 0 aromatic heterocycles. The molecule has 0 heterocycles. The molecular formula is C21H15BrF3N3O3. The van der Waals surface area contributed by atoms with Crippen LogP contribution in [0.15, 0.2) is 76.3 Å². The van der Waals surface area contributed by atoms with Crippen LogP contribution in [-0.4, -0.2) is 11.1 Å². The second-order valence-electron chi connectivity index (χ2n) is 6.31. The molecule has 0 aliphatic carbocycles. The molecule has 0 spiro atoms. The lowest BCUT2D eigenvalue weighted by atomic mass is 10.1. The van der Waals surface area contributed by atoms with Crippen molar-refractivity contribution in [3.05, 3.63) is 98.0 Å². The number of nitro groups is 1. The number of hydrogen-bond acceptors (Lipinski definition) is 5. The Hall–Kier alpha value is -3.40. The van der Waals surface area contributed by atoms with E-state index in [1.54, 1.807) is 24.3 Å². The molecule has 0 bridgehead atoms. The SMILES string of the molecule is O=[N+]([O-])c1cc(C(F)(F)F)ccc1N/N=C\c1ccccc1OCc1cccc(Br)c1. The predicted octanol–water partition coefficient (Wildman–Crippen LogP) is 6.40. The third-order valence-electron chi connectivity index (χ3n) is 4.11. The number of halogens is 4. The maximum atomic E-state index is 12.8. The summed E-state index contributed by atoms with van der Waals surface area (Å²) in [5.74, 6) is 0.523. The average Bonchev–Trinajstić information content (AvgIpc) is 2.72. The van der Waals surface area contributed by atoms with Crippen molar-refractivity contribution in [1.82, 2.24) is 0 Å². The van der Waals surface area contributed by atoms with Gasteiger partial charge in [-0.1, -0.05) is 40.2 Å². The van der Waals surface area contributed by atoms with Crippen molar-refractivity contribution < 1.29 is 22.8 Å². The molecule has 0 saturated carbocycles. The summed E-state index contributed by atoms with van der Waals surface area (Å²) in [4.78, 5) is 10.3. The molecule has 6 nitrogen and oxygen atoms in total. The van der Waals surface area contributed by atoms with Crippen molar-refractivity contribution in [2.24, 2.45) is 5.10 Å². The summed E-state index contributed by atoms with van der Waals surface area (Å²) in [7, 11) is 0. The van der Waals surface area contributed by atoms with E-state index in [4.69, 9.17) is 4.74 Å². The van der Waals surface area contributed by atoms with Crippen LogP contribution in [0.2, 0.25) is 0 Å². The van der Waals surface area contributed by atoms with E-state index < -0.39 is 22.4 Å². The fourth-order valence-corrected chi connectivity index (χ4v) is 3.08. The summed E-state index contributed by atoms with van der Waals surface area (Å²) in [6.07, 6.45) is -3.31. The van der Waals surface area contributed by atoms with Crippen LogP contribution in [0.1, 0.15) is 16.7 Å². The lowest BCUT2D eigenvalue weighted by molar-refractivity contribution is -0.384. The molecular weight excluding hydrogens is 479 g/mol. The van der Waals surface area contributed by atoms with Gasteiger partial charge in [-0.25, -0.2) is 0 Å². The molecule has 160 valence electrons. The fourth-order valence-electron chi connectivity index (χ4n) is 2.63. The van der Waals surface area contributed by atoms with Gasteiger partial charge in [0.2, 0.25) is 0 Å². The highest BCUT2D eigenvalue weighted by Crippen LogP contribution is 2.35. The van der Waals surface area contributed by atoms with Crippen molar-refractivity contribution in [2.75, 3.05) is 5.43 Å². The summed E-state index contributed by atoms with van der Waals surface area (Å²) in [5.41, 5.74) is 1.95. The average molecular weight is 494 g/mol. The second-order valence-corrected chi connectivity index (χ2v) is 7.23. The molecule has 0 saturated heterocycles. The van der Waals surface area contributed by atoms with Crippen LogP contribution in [0, 0.1) is 10.1 Å². The number of alkyl halides is 3. The Balaban J connectivity index is 1.75. The van der Waals surface area contributed by atoms with Gasteiger partial charge < -0.3 is 4.74 Å². The quantitative estimate of drug-likeness (QED) is 0.234. The van der Waals surface area contributed by atoms with E-state index >= 15 is 0 Å². The minimum absolute atomic E-state index is 0.165. The van der Waals surface area contributed by atoms with Crippen LogP contribution in [0.3, 0.4) is 0 Å². The summed E-state index contributed by atoms with van der Waals surface area (Å²) < 4.78 is 45.2. The van der Waals surface area contributed by atoms with Crippen LogP contribution in [-0.2, 0) is 12.8 Å². The second kappa shape index (κ2) is 9.61. The molecule has 0 atom stereocenters. The van der Waals surface area contributed by atoms with Crippen molar-refractivity contribution in [3.8, 4) is 5.75 Å². The Morgan fingerprint density at radius 1 is 1.10 bits per heavy atom. The van der Waals surface area contributed by atoms with Crippen LogP contribution in [0.4, 0.5) is 24.5 Å². The topological polar surface area (TPSA) is 76.8 Å². The summed E-state index contributed by atoms with van der Waals surface area (Å²) in [6, 6.07) is 16.8. The standard InChI is InChI=1S/C21H15BrF3N3O3/c22-17-6-3-4-14(10-17)13-31-20-7-2-1-5-15(20)12-26-27-18-9-8-16(21(23,24)25)11-19(18)28(29)30/h1-12,27H,13H2/b26-12-. The first-order valence-corrected chi connectivity index (χ1v) is 9.64. The first kappa shape index (κ1) is 22.3. The van der Waals surface area contributed by atoms with Crippen LogP contribution in [0.25, 0.3) is 0 Å². The number of benzene rings is 3. The van der Waals surface area contributed by atoms with Gasteiger partial charge in [0, 0.05) is 16.1 Å². The predicted molar refractivity (Wildman–Crippen MR) is 114 cm³/mol. The summed E-state index contributed by atoms with van der Waals surface area (Å²) in [6.45, 7) is 0.308. The maximum Gasteiger partial charge on any atom is 0.416 e. The third kappa shape index (κ3) is 6.05. The van der Waals surface area contributed by atoms with Crippen LogP contribution in [0.5, 0.6) is 5.75 Å². The fraction of sp³-hybridized carbons (Fsp3) is 0.0952. The number of nitrogens with zero attached hydrogens (tertiary/aromatic N) is 2. The highest BCUT2D eigenvalue weighted by atomic mass is 79.9. The van der Waals surface area contributed by atoms with E-state index in [0.29, 0.717) is 24.0 Å². The molecule has 0 unspecified atom stereocenters. The number of hydrazone groups is 1. The van der Waals surface area contributed by atoms with E-state index in [9.17, 15) is 23.3 Å². The molecule has 0 aliphatic heterocycles. The van der Waals surface area contributed by atoms with Crippen molar-refractivity contribution >= 4 is 33.5 Å². The van der Waals surface area contributed by atoms with Gasteiger partial charge in [-0.15, -0.1) is 0 Å². The van der Waals surface area contributed by atoms with Gasteiger partial charge in [0.25, 0.3) is 5.69 Å². The minimum atomic E-state index is -4.68. The Morgan fingerprint density at radius 3 is 2.58 bits per heavy atom. The van der Waals surface area contributed by atoms with E-state index in [0.717, 1.165) is 22.2 Å². The van der Waals surface area contributed by atoms with Gasteiger partial charge in [-0.05, 0) is 42.0 Å². The molecule has 1 N–H and O–H groups in total. The van der Waals surface area contributed by atoms with E-state index in [1.165, 1.54) is 6.21 Å². The minimum Gasteiger partial charge on any atom is -0.488 e. The lowest BCUT2D eigenvalue weighted by Gasteiger charge is -2.10. The number of rotatable bonds is 7. The number of ether oxygens (including phenoxy) is 1. The first-order valence-electron chi connectivity index (χ1n) is 8.85. The molecule has 0 fully saturated rings. The number of hydrogen-bond donors (Lipinski definition) is 1. The zero-order chi connectivity index (χ0) is 22.4. The van der Waals surface area contributed by atoms with Crippen molar-refractivity contribution in [2.45, 2.75) is 12.8 Å². The van der Waals surface area contributed by atoms with E-state index in [1.807, 2.05) is 24.3 Å². The van der Waals surface area contributed by atoms with Gasteiger partial charge in [-0.3, -0.25) is 15.5 Å². The van der Waals surface area contributed by atoms with Gasteiger partial charge in [0.1, 0.15) is 18.0 Å². The van der Waals surface area contributed by atoms with Crippen LogP contribution >= 0.6 is 15.9 Å². The summed E-state index contributed by atoms with van der Waals surface area (Å²) in [5, 5.41) is 15.1. The van der Waals surface area contributed by atoms with Crippen LogP contribution < -0.4 is 10.2 Å². The molecule has 10 heteroatoms. The third-order valence-corrected chi connectivity index (χ3v) is 4.61. The smallest absolute Gasteiger partial charge is 0.416 e. The molecule has 3 rings (SSSR count). The van der Waals surface area contributed by atoms with Crippen molar-refractivity contribution in [1.29, 1.82) is 0 Å². The van der Waals surface area contributed by atoms with E-state index in [2.05, 4.69) is 26.5 Å².